The second-order valence-corrected chi connectivity index (χ2v) is 6.65. The minimum absolute atomic E-state index is 0.610. The summed E-state index contributed by atoms with van der Waals surface area (Å²) in [6, 6.07) is 9.09. The number of rotatable bonds is 3. The lowest BCUT2D eigenvalue weighted by Gasteiger charge is -2.31. The van der Waals surface area contributed by atoms with Crippen LogP contribution in [0.1, 0.15) is 38.2 Å². The predicted molar refractivity (Wildman–Crippen MR) is 89.2 cm³/mol. The molecule has 0 spiro atoms. The molecule has 2 fully saturated rings. The van der Waals surface area contributed by atoms with Gasteiger partial charge in [-0.25, -0.2) is 0 Å². The van der Waals surface area contributed by atoms with Crippen molar-refractivity contribution in [2.75, 3.05) is 11.4 Å². The molecule has 3 rings (SSSR count). The number of hydrogen-bond donors (Lipinski definition) is 1. The highest BCUT2D eigenvalue weighted by Gasteiger charge is 2.40. The summed E-state index contributed by atoms with van der Waals surface area (Å²) in [6.45, 7) is 5.23. The van der Waals surface area contributed by atoms with Crippen LogP contribution in [-0.4, -0.2) is 17.7 Å². The first-order valence-corrected chi connectivity index (χ1v) is 8.23. The van der Waals surface area contributed by atoms with Crippen LogP contribution in [-0.2, 0) is 0 Å². The van der Waals surface area contributed by atoms with Gasteiger partial charge in [-0.2, -0.15) is 0 Å². The Morgan fingerprint density at radius 3 is 2.70 bits per heavy atom. The van der Waals surface area contributed by atoms with Crippen molar-refractivity contribution in [3.05, 3.63) is 29.8 Å². The smallest absolute Gasteiger partial charge is 0.173 e. The number of nitrogens with zero attached hydrogens (tertiary/aromatic N) is 1. The zero-order valence-electron chi connectivity index (χ0n) is 12.4. The number of hydrogen-bond acceptors (Lipinski definition) is 1. The third-order valence-corrected chi connectivity index (χ3v) is 5.35. The summed E-state index contributed by atoms with van der Waals surface area (Å²) in [5.41, 5.74) is 2.52. The Morgan fingerprint density at radius 2 is 2.10 bits per heavy atom. The number of aryl methyl sites for hydroxylation is 1. The lowest BCUT2D eigenvalue weighted by molar-refractivity contribution is 0.390. The number of benzene rings is 1. The van der Waals surface area contributed by atoms with Crippen LogP contribution < -0.4 is 10.2 Å². The Hall–Kier alpha value is -1.09. The molecule has 2 bridgehead atoms. The van der Waals surface area contributed by atoms with E-state index in [1.54, 1.807) is 0 Å². The Balaban J connectivity index is 1.70. The maximum atomic E-state index is 5.68. The van der Waals surface area contributed by atoms with Gasteiger partial charge in [-0.15, -0.1) is 0 Å². The summed E-state index contributed by atoms with van der Waals surface area (Å²) in [5.74, 6) is 1.81. The second-order valence-electron chi connectivity index (χ2n) is 6.26. The molecule has 1 N–H and O–H groups in total. The zero-order chi connectivity index (χ0) is 14.1. The van der Waals surface area contributed by atoms with Gasteiger partial charge in [-0.1, -0.05) is 24.6 Å². The number of thiocarbonyl (C=S) groups is 1. The average Bonchev–Trinajstić information content (AvgIpc) is 3.04. The van der Waals surface area contributed by atoms with E-state index < -0.39 is 0 Å². The Kier molecular flexibility index (Phi) is 3.97. The van der Waals surface area contributed by atoms with E-state index in [1.807, 2.05) is 0 Å². The lowest BCUT2D eigenvalue weighted by atomic mass is 9.95. The van der Waals surface area contributed by atoms with E-state index in [0.717, 1.165) is 23.5 Å². The summed E-state index contributed by atoms with van der Waals surface area (Å²) < 4.78 is 0. The summed E-state index contributed by atoms with van der Waals surface area (Å²) in [5, 5.41) is 4.55. The molecule has 0 amide bonds. The topological polar surface area (TPSA) is 15.3 Å². The molecule has 1 aromatic carbocycles. The van der Waals surface area contributed by atoms with Crippen molar-refractivity contribution < 1.29 is 0 Å². The second kappa shape index (κ2) is 5.72. The fraction of sp³-hybridized carbons (Fsp3) is 0.588. The number of nitrogens with one attached hydrogen (secondary N) is 1. The van der Waals surface area contributed by atoms with E-state index in [4.69, 9.17) is 12.2 Å². The highest BCUT2D eigenvalue weighted by Crippen LogP contribution is 2.44. The fourth-order valence-electron chi connectivity index (χ4n) is 3.95. The molecule has 2 aliphatic carbocycles. The molecule has 20 heavy (non-hydrogen) atoms. The molecule has 3 heteroatoms. The molecule has 2 saturated carbocycles. The van der Waals surface area contributed by atoms with Gasteiger partial charge in [0, 0.05) is 18.3 Å². The van der Waals surface area contributed by atoms with Gasteiger partial charge in [0.25, 0.3) is 0 Å². The van der Waals surface area contributed by atoms with Gasteiger partial charge in [0.2, 0.25) is 0 Å². The molecular weight excluding hydrogens is 264 g/mol. The number of para-hydroxylation sites is 1. The zero-order valence-corrected chi connectivity index (χ0v) is 13.2. The van der Waals surface area contributed by atoms with Crippen LogP contribution in [0.3, 0.4) is 0 Å². The lowest BCUT2D eigenvalue weighted by Crippen LogP contribution is -2.46. The first-order chi connectivity index (χ1) is 9.69. The summed E-state index contributed by atoms with van der Waals surface area (Å²) in [4.78, 5) is 2.23. The van der Waals surface area contributed by atoms with Crippen LogP contribution in [0, 0.1) is 18.8 Å². The molecule has 2 aliphatic rings. The van der Waals surface area contributed by atoms with E-state index in [9.17, 15) is 0 Å². The standard InChI is InChI=1S/C17H24N2S/c1-3-19(16-7-5-4-6-12(16)2)17(20)18-15-11-13-8-9-14(15)10-13/h4-7,13-15H,3,8-11H2,1-2H3,(H,18,20)/t13-,14-,15+/m1/s1. The van der Waals surface area contributed by atoms with E-state index >= 15 is 0 Å². The molecule has 0 aromatic heterocycles. The highest BCUT2D eigenvalue weighted by molar-refractivity contribution is 7.80. The fourth-order valence-corrected chi connectivity index (χ4v) is 4.33. The van der Waals surface area contributed by atoms with Gasteiger partial charge < -0.3 is 10.2 Å². The van der Waals surface area contributed by atoms with Crippen molar-refractivity contribution in [1.82, 2.24) is 5.32 Å². The average molecular weight is 288 g/mol. The Morgan fingerprint density at radius 1 is 1.30 bits per heavy atom. The van der Waals surface area contributed by atoms with Crippen molar-refractivity contribution in [2.24, 2.45) is 11.8 Å². The van der Waals surface area contributed by atoms with Gasteiger partial charge in [-0.3, -0.25) is 0 Å². The summed E-state index contributed by atoms with van der Waals surface area (Å²) >= 11 is 5.68. The van der Waals surface area contributed by atoms with Crippen molar-refractivity contribution in [3.63, 3.8) is 0 Å². The van der Waals surface area contributed by atoms with Crippen LogP contribution in [0.5, 0.6) is 0 Å². The van der Waals surface area contributed by atoms with E-state index in [1.165, 1.54) is 36.9 Å². The minimum Gasteiger partial charge on any atom is -0.359 e. The quantitative estimate of drug-likeness (QED) is 0.850. The van der Waals surface area contributed by atoms with E-state index in [0.29, 0.717) is 6.04 Å². The normalized spacial score (nSPS) is 27.6. The first kappa shape index (κ1) is 13.9. The maximum absolute atomic E-state index is 5.68. The van der Waals surface area contributed by atoms with E-state index in [2.05, 4.69) is 48.3 Å². The third-order valence-electron chi connectivity index (χ3n) is 5.01. The molecular formula is C17H24N2S. The van der Waals surface area contributed by atoms with Crippen molar-refractivity contribution in [1.29, 1.82) is 0 Å². The molecule has 0 aliphatic heterocycles. The third kappa shape index (κ3) is 2.56. The maximum Gasteiger partial charge on any atom is 0.173 e. The first-order valence-electron chi connectivity index (χ1n) is 7.82. The van der Waals surface area contributed by atoms with Gasteiger partial charge in [0.1, 0.15) is 0 Å². The SMILES string of the molecule is CCN(C(=S)N[C@H]1C[C@@H]2CC[C@@H]1C2)c1ccccc1C. The molecule has 2 nitrogen and oxygen atoms in total. The number of fused-ring (bicyclic) bond motifs is 2. The van der Waals surface area contributed by atoms with Crippen molar-refractivity contribution in [3.8, 4) is 0 Å². The molecule has 0 saturated heterocycles. The van der Waals surface area contributed by atoms with Crippen LogP contribution in [0.2, 0.25) is 0 Å². The van der Waals surface area contributed by atoms with Crippen LogP contribution in [0.15, 0.2) is 24.3 Å². The van der Waals surface area contributed by atoms with Crippen LogP contribution in [0.25, 0.3) is 0 Å². The van der Waals surface area contributed by atoms with Crippen LogP contribution >= 0.6 is 12.2 Å². The Labute approximate surface area is 127 Å². The molecule has 0 unspecified atom stereocenters. The van der Waals surface area contributed by atoms with Gasteiger partial charge in [0.05, 0.1) is 0 Å². The largest absolute Gasteiger partial charge is 0.359 e. The monoisotopic (exact) mass is 288 g/mol. The molecule has 108 valence electrons. The Bertz CT molecular complexity index is 500. The predicted octanol–water partition coefficient (Wildman–Crippen LogP) is 3.88. The van der Waals surface area contributed by atoms with Gasteiger partial charge in [0.15, 0.2) is 5.11 Å². The van der Waals surface area contributed by atoms with Crippen LogP contribution in [0.4, 0.5) is 5.69 Å². The van der Waals surface area contributed by atoms with Gasteiger partial charge >= 0.3 is 0 Å². The van der Waals surface area contributed by atoms with Gasteiger partial charge in [-0.05, 0) is 68.8 Å². The molecule has 1 aromatic rings. The summed E-state index contributed by atoms with van der Waals surface area (Å²) in [7, 11) is 0. The molecule has 0 radical (unpaired) electrons. The minimum atomic E-state index is 0.610. The molecule has 3 atom stereocenters. The van der Waals surface area contributed by atoms with E-state index in [-0.39, 0.29) is 0 Å². The number of anilines is 1. The highest BCUT2D eigenvalue weighted by atomic mass is 32.1. The molecule has 0 heterocycles. The summed E-state index contributed by atoms with van der Waals surface area (Å²) in [6.07, 6.45) is 5.55. The van der Waals surface area contributed by atoms with Crippen molar-refractivity contribution in [2.45, 2.75) is 45.6 Å². The van der Waals surface area contributed by atoms with Crippen molar-refractivity contribution >= 4 is 23.0 Å².